The van der Waals surface area contributed by atoms with E-state index in [1.54, 1.807) is 0 Å². The zero-order valence-corrected chi connectivity index (χ0v) is 35.8. The Morgan fingerprint density at radius 1 is 0.566 bits per heavy atom. The summed E-state index contributed by atoms with van der Waals surface area (Å²) in [5.41, 5.74) is 0. The minimum atomic E-state index is -4.29. The molecule has 0 radical (unpaired) electrons. The molecule has 0 heterocycles. The first kappa shape index (κ1) is 51.3. The van der Waals surface area contributed by atoms with E-state index in [0.29, 0.717) is 30.4 Å². The van der Waals surface area contributed by atoms with Crippen molar-refractivity contribution in [2.24, 2.45) is 0 Å². The Labute approximate surface area is 327 Å². The van der Waals surface area contributed by atoms with Crippen LogP contribution >= 0.6 is 0 Å². The van der Waals surface area contributed by atoms with Crippen LogP contribution in [0, 0.1) is 0 Å². The number of hydrogen-bond acceptors (Lipinski definition) is 7. The summed E-state index contributed by atoms with van der Waals surface area (Å²) in [6.07, 6.45) is 40.5. The molecule has 8 nitrogen and oxygen atoms in total. The molecule has 1 unspecified atom stereocenters. The second-order valence-electron chi connectivity index (χ2n) is 15.9. The highest BCUT2D eigenvalue weighted by molar-refractivity contribution is 7.85. The number of ether oxygens (including phenoxy) is 2. The molecule has 0 aliphatic rings. The number of carbonyl (C=O) groups is 2. The summed E-state index contributed by atoms with van der Waals surface area (Å²) in [7, 11) is -0.495. The predicted octanol–water partition coefficient (Wildman–Crippen LogP) is 11.5. The number of unbranched alkanes of at least 4 members (excludes halogenated alkanes) is 22. The van der Waals surface area contributed by atoms with Gasteiger partial charge in [0.25, 0.3) is 0 Å². The molecule has 0 rings (SSSR count). The summed E-state index contributed by atoms with van der Waals surface area (Å²) in [5.74, 6) is -1.02. The smallest absolute Gasteiger partial charge is 0.306 e. The Morgan fingerprint density at radius 2 is 0.943 bits per heavy atom. The lowest BCUT2D eigenvalue weighted by atomic mass is 10.1. The van der Waals surface area contributed by atoms with Gasteiger partial charge in [-0.3, -0.25) is 9.59 Å². The van der Waals surface area contributed by atoms with E-state index in [4.69, 9.17) is 9.47 Å². The summed E-state index contributed by atoms with van der Waals surface area (Å²) in [6.45, 7) is 5.26. The fourth-order valence-electron chi connectivity index (χ4n) is 6.62. The van der Waals surface area contributed by atoms with Crippen LogP contribution in [0.25, 0.3) is 0 Å². The Balaban J connectivity index is 4.37. The second-order valence-corrected chi connectivity index (χ2v) is 17.4. The maximum atomic E-state index is 12.8. The third-order valence-corrected chi connectivity index (χ3v) is 10.7. The van der Waals surface area contributed by atoms with E-state index >= 15 is 0 Å². The van der Waals surface area contributed by atoms with Crippen LogP contribution in [-0.4, -0.2) is 75.0 Å². The summed E-state index contributed by atoms with van der Waals surface area (Å²) in [6, 6.07) is 0. The fraction of sp³-hybridized carbons (Fsp3) is 0.864. The molecule has 9 heteroatoms. The molecule has 0 aliphatic carbocycles. The zero-order chi connectivity index (χ0) is 39.3. The SMILES string of the molecule is CCCCCCCC/C=C\CCCCCCCC(=O)OCC(C[N+](C)(C)CCCS(=O)(=O)[O-])OC(=O)CCCCCCC/C=C\CCCCCCCC. The number of rotatable bonds is 39. The Bertz CT molecular complexity index is 1020. The van der Waals surface area contributed by atoms with Gasteiger partial charge in [0.15, 0.2) is 6.10 Å². The Morgan fingerprint density at radius 3 is 1.36 bits per heavy atom. The molecule has 0 spiro atoms. The summed E-state index contributed by atoms with van der Waals surface area (Å²) in [5, 5.41) is 0. The molecular weight excluding hydrogens is 687 g/mol. The van der Waals surface area contributed by atoms with E-state index in [9.17, 15) is 22.6 Å². The number of quaternary nitrogens is 1. The van der Waals surface area contributed by atoms with Crippen LogP contribution in [0.4, 0.5) is 0 Å². The first-order valence-corrected chi connectivity index (χ1v) is 23.5. The van der Waals surface area contributed by atoms with Crippen LogP contribution in [0.15, 0.2) is 24.3 Å². The van der Waals surface area contributed by atoms with E-state index in [-0.39, 0.29) is 25.0 Å². The molecule has 0 aromatic heterocycles. The fourth-order valence-corrected chi connectivity index (χ4v) is 7.10. The van der Waals surface area contributed by atoms with E-state index in [0.717, 1.165) is 64.2 Å². The number of nitrogens with zero attached hydrogens (tertiary/aromatic N) is 1. The molecule has 1 atom stereocenters. The lowest BCUT2D eigenvalue weighted by Gasteiger charge is -2.33. The molecule has 0 amide bonds. The number of hydrogen-bond donors (Lipinski definition) is 0. The molecule has 0 N–H and O–H groups in total. The zero-order valence-electron chi connectivity index (χ0n) is 34.9. The lowest BCUT2D eigenvalue weighted by Crippen LogP contribution is -2.49. The van der Waals surface area contributed by atoms with Crippen molar-refractivity contribution in [1.82, 2.24) is 0 Å². The van der Waals surface area contributed by atoms with Crippen molar-refractivity contribution < 1.29 is 36.5 Å². The average molecular weight is 770 g/mol. The van der Waals surface area contributed by atoms with Gasteiger partial charge >= 0.3 is 11.9 Å². The van der Waals surface area contributed by atoms with E-state index < -0.39 is 22.0 Å². The number of esters is 2. The van der Waals surface area contributed by atoms with E-state index in [1.807, 2.05) is 14.1 Å². The molecule has 0 aromatic rings. The first-order valence-electron chi connectivity index (χ1n) is 21.9. The third kappa shape index (κ3) is 39.8. The molecule has 0 bridgehead atoms. The van der Waals surface area contributed by atoms with Gasteiger partial charge in [-0.15, -0.1) is 0 Å². The lowest BCUT2D eigenvalue weighted by molar-refractivity contribution is -0.893. The molecule has 0 saturated heterocycles. The summed E-state index contributed by atoms with van der Waals surface area (Å²) >= 11 is 0. The maximum absolute atomic E-state index is 12.8. The van der Waals surface area contributed by atoms with Gasteiger partial charge in [0.2, 0.25) is 0 Å². The van der Waals surface area contributed by atoms with Gasteiger partial charge in [0.1, 0.15) is 13.2 Å². The minimum Gasteiger partial charge on any atom is -0.748 e. The Hall–Kier alpha value is -1.71. The molecular formula is C44H83NO7S. The Kier molecular flexibility index (Phi) is 34.8. The van der Waals surface area contributed by atoms with Crippen LogP contribution < -0.4 is 0 Å². The normalized spacial score (nSPS) is 12.9. The highest BCUT2D eigenvalue weighted by atomic mass is 32.2. The molecule has 0 aliphatic heterocycles. The summed E-state index contributed by atoms with van der Waals surface area (Å²) in [4.78, 5) is 25.4. The van der Waals surface area contributed by atoms with Crippen molar-refractivity contribution in [3.05, 3.63) is 24.3 Å². The van der Waals surface area contributed by atoms with Crippen molar-refractivity contribution in [1.29, 1.82) is 0 Å². The molecule has 312 valence electrons. The first-order chi connectivity index (χ1) is 25.5. The second kappa shape index (κ2) is 36.0. The van der Waals surface area contributed by atoms with Crippen LogP contribution in [0.1, 0.15) is 200 Å². The van der Waals surface area contributed by atoms with Crippen molar-refractivity contribution in [3.8, 4) is 0 Å². The highest BCUT2D eigenvalue weighted by Gasteiger charge is 2.26. The maximum Gasteiger partial charge on any atom is 0.306 e. The standard InChI is InChI=1S/C44H83NO7S/c1-5-7-9-11-13-15-17-19-21-23-25-27-29-31-33-36-43(46)51-41-42(40-45(3,4)38-35-39-53(48,49)50)52-44(47)37-34-32-30-28-26-24-22-20-18-16-14-12-10-8-6-2/h19-22,42H,5-18,23-41H2,1-4H3/b21-19-,22-20-. The van der Waals surface area contributed by atoms with Gasteiger partial charge in [-0.1, -0.05) is 141 Å². The number of carbonyl (C=O) groups excluding carboxylic acids is 2. The predicted molar refractivity (Wildman–Crippen MR) is 221 cm³/mol. The number of likely N-dealkylation sites (N-methyl/N-ethyl adjacent to an activating group) is 1. The quantitative estimate of drug-likeness (QED) is 0.0201. The highest BCUT2D eigenvalue weighted by Crippen LogP contribution is 2.14. The van der Waals surface area contributed by atoms with Crippen molar-refractivity contribution in [2.75, 3.05) is 39.5 Å². The molecule has 0 saturated carbocycles. The topological polar surface area (TPSA) is 110 Å². The van der Waals surface area contributed by atoms with Crippen LogP contribution in [0.2, 0.25) is 0 Å². The average Bonchev–Trinajstić information content (AvgIpc) is 3.09. The van der Waals surface area contributed by atoms with Gasteiger partial charge in [-0.2, -0.15) is 0 Å². The van der Waals surface area contributed by atoms with Gasteiger partial charge in [0.05, 0.1) is 30.8 Å². The molecule has 0 aromatic carbocycles. The van der Waals surface area contributed by atoms with Gasteiger partial charge in [-0.05, 0) is 64.2 Å². The van der Waals surface area contributed by atoms with Crippen molar-refractivity contribution in [2.45, 2.75) is 206 Å². The third-order valence-electron chi connectivity index (χ3n) is 9.87. The van der Waals surface area contributed by atoms with Crippen molar-refractivity contribution >= 4 is 22.1 Å². The minimum absolute atomic E-state index is 0.0242. The van der Waals surface area contributed by atoms with Gasteiger partial charge in [-0.25, -0.2) is 8.42 Å². The monoisotopic (exact) mass is 770 g/mol. The summed E-state index contributed by atoms with van der Waals surface area (Å²) < 4.78 is 45.0. The number of allylic oxidation sites excluding steroid dienone is 4. The molecule has 0 fully saturated rings. The largest absolute Gasteiger partial charge is 0.748 e. The van der Waals surface area contributed by atoms with Crippen LogP contribution in [0.5, 0.6) is 0 Å². The molecule has 53 heavy (non-hydrogen) atoms. The van der Waals surface area contributed by atoms with Crippen LogP contribution in [-0.2, 0) is 29.2 Å². The van der Waals surface area contributed by atoms with E-state index in [1.165, 1.54) is 103 Å². The van der Waals surface area contributed by atoms with Gasteiger partial charge < -0.3 is 18.5 Å². The van der Waals surface area contributed by atoms with Crippen molar-refractivity contribution in [3.63, 3.8) is 0 Å². The van der Waals surface area contributed by atoms with E-state index in [2.05, 4.69) is 38.2 Å². The van der Waals surface area contributed by atoms with Crippen LogP contribution in [0.3, 0.4) is 0 Å². The van der Waals surface area contributed by atoms with Gasteiger partial charge in [0, 0.05) is 25.0 Å².